The number of carboxylic acid groups (broad SMARTS) is 1. The van der Waals surface area contributed by atoms with Gasteiger partial charge in [0.15, 0.2) is 0 Å². The summed E-state index contributed by atoms with van der Waals surface area (Å²) in [5.41, 5.74) is 0. The number of rotatable bonds is 14. The van der Waals surface area contributed by atoms with Crippen LogP contribution in [0.5, 0.6) is 0 Å². The number of aliphatic carboxylic acids is 1. The van der Waals surface area contributed by atoms with Crippen LogP contribution in [0, 0.1) is 10.1 Å². The largest absolute Gasteiger partial charge is 0.550 e. The first kappa shape index (κ1) is 26.4. The van der Waals surface area contributed by atoms with Gasteiger partial charge in [-0.05, 0) is 12.8 Å². The van der Waals surface area contributed by atoms with E-state index in [1.807, 2.05) is 0 Å². The monoisotopic (exact) mass is 365 g/mol. The molecule has 5 nitrogen and oxygen atoms in total. The second-order valence-electron chi connectivity index (χ2n) is 5.44. The number of nitrogens with zero attached hydrogens (tertiary/aromatic N) is 1. The predicted molar refractivity (Wildman–Crippen MR) is 84.5 cm³/mol. The molecule has 0 aliphatic heterocycles. The summed E-state index contributed by atoms with van der Waals surface area (Å²) in [6.45, 7) is 2.26. The van der Waals surface area contributed by atoms with Crippen LogP contribution in [0.4, 0.5) is 0 Å². The van der Waals surface area contributed by atoms with Gasteiger partial charge >= 0.3 is 0 Å². The molecule has 0 saturated carbocycles. The standard InChI is InChI=1S/C16H32O2.HNO2.Zn/c1-2-3-4-5-6-7-8-9-10-11-12-13-14-15-16(17)18;2-1-3;/h2-15H2,1H3,(H,17,18);(H,2,3);/p-2. The summed E-state index contributed by atoms with van der Waals surface area (Å²) in [5, 5.41) is 19.2. The van der Waals surface area contributed by atoms with E-state index in [1.54, 1.807) is 0 Å². The average Bonchev–Trinajstić information content (AvgIpc) is 2.44. The molecule has 0 aliphatic carbocycles. The van der Waals surface area contributed by atoms with Crippen molar-refractivity contribution in [2.45, 2.75) is 96.8 Å². The second kappa shape index (κ2) is 25.4. The van der Waals surface area contributed by atoms with Gasteiger partial charge in [-0.3, -0.25) is 0 Å². The Morgan fingerprint density at radius 1 is 0.773 bits per heavy atom. The maximum atomic E-state index is 10.2. The molecule has 0 N–H and O–H groups in total. The van der Waals surface area contributed by atoms with Crippen molar-refractivity contribution in [3.05, 3.63) is 10.1 Å². The van der Waals surface area contributed by atoms with Crippen LogP contribution in [0.3, 0.4) is 0 Å². The number of carboxylic acids is 1. The zero-order valence-electron chi connectivity index (χ0n) is 14.2. The molecular weight excluding hydrogens is 336 g/mol. The van der Waals surface area contributed by atoms with E-state index in [0.717, 1.165) is 18.2 Å². The van der Waals surface area contributed by atoms with Crippen LogP contribution in [0.25, 0.3) is 0 Å². The Morgan fingerprint density at radius 2 is 1.05 bits per heavy atom. The number of unbranched alkanes of at least 4 members (excludes halogenated alkanes) is 12. The molecular formula is C16H31NO4Zn-2. The average molecular weight is 367 g/mol. The van der Waals surface area contributed by atoms with Gasteiger partial charge in [0, 0.05) is 25.4 Å². The van der Waals surface area contributed by atoms with Gasteiger partial charge in [-0.2, -0.15) is 0 Å². The van der Waals surface area contributed by atoms with Gasteiger partial charge in [0.25, 0.3) is 0 Å². The number of carbonyl (C=O) groups excluding carboxylic acids is 1. The summed E-state index contributed by atoms with van der Waals surface area (Å²) in [7, 11) is 0. The molecule has 0 aromatic carbocycles. The van der Waals surface area contributed by atoms with E-state index in [9.17, 15) is 9.90 Å². The van der Waals surface area contributed by atoms with Crippen molar-refractivity contribution in [2.24, 2.45) is 5.34 Å². The topological polar surface area (TPSA) is 92.6 Å². The van der Waals surface area contributed by atoms with Crippen molar-refractivity contribution >= 4 is 5.97 Å². The molecule has 0 aromatic heterocycles. The Balaban J connectivity index is -0.000000827. The molecule has 0 spiro atoms. The van der Waals surface area contributed by atoms with Crippen LogP contribution in [0.15, 0.2) is 5.34 Å². The van der Waals surface area contributed by atoms with E-state index in [4.69, 9.17) is 10.1 Å². The Morgan fingerprint density at radius 3 is 1.32 bits per heavy atom. The third kappa shape index (κ3) is 31.7. The summed E-state index contributed by atoms with van der Waals surface area (Å²) in [6.07, 6.45) is 16.9. The van der Waals surface area contributed by atoms with Gasteiger partial charge in [0.2, 0.25) is 0 Å². The van der Waals surface area contributed by atoms with Gasteiger partial charge < -0.3 is 20.0 Å². The van der Waals surface area contributed by atoms with Crippen LogP contribution in [0.2, 0.25) is 0 Å². The molecule has 0 rings (SSSR count). The molecule has 0 bridgehead atoms. The SMILES string of the molecule is CCCCCCCCCCCCCCCC(=O)[O-].O=N[O-].[Zn]. The zero-order valence-corrected chi connectivity index (χ0v) is 17.2. The molecule has 0 aliphatic rings. The smallest absolute Gasteiger partial charge is 0.0414 e. The van der Waals surface area contributed by atoms with E-state index in [0.29, 0.717) is 0 Å². The molecule has 6 heteroatoms. The van der Waals surface area contributed by atoms with Gasteiger partial charge in [-0.1, -0.05) is 84.0 Å². The second-order valence-corrected chi connectivity index (χ2v) is 5.44. The van der Waals surface area contributed by atoms with Gasteiger partial charge in [0.05, 0.1) is 0 Å². The van der Waals surface area contributed by atoms with E-state index in [1.165, 1.54) is 70.6 Å². The molecule has 0 aromatic rings. The third-order valence-electron chi connectivity index (χ3n) is 3.48. The molecule has 0 fully saturated rings. The van der Waals surface area contributed by atoms with Gasteiger partial charge in [-0.25, -0.2) is 0 Å². The first-order valence-electron chi connectivity index (χ1n) is 8.33. The molecule has 22 heavy (non-hydrogen) atoms. The van der Waals surface area contributed by atoms with Crippen molar-refractivity contribution < 1.29 is 29.4 Å². The zero-order chi connectivity index (χ0) is 16.2. The van der Waals surface area contributed by atoms with Crippen molar-refractivity contribution in [2.75, 3.05) is 0 Å². The first-order valence-corrected chi connectivity index (χ1v) is 8.33. The Labute approximate surface area is 148 Å². The van der Waals surface area contributed by atoms with Crippen LogP contribution in [-0.4, -0.2) is 5.97 Å². The molecule has 0 heterocycles. The number of hydrogen-bond donors (Lipinski definition) is 0. The van der Waals surface area contributed by atoms with Crippen LogP contribution < -0.4 is 5.11 Å². The van der Waals surface area contributed by atoms with Crippen molar-refractivity contribution in [1.29, 1.82) is 0 Å². The third-order valence-corrected chi connectivity index (χ3v) is 3.48. The molecule has 0 amide bonds. The quantitative estimate of drug-likeness (QED) is 0.196. The minimum absolute atomic E-state index is 0. The van der Waals surface area contributed by atoms with E-state index < -0.39 is 5.97 Å². The van der Waals surface area contributed by atoms with Crippen molar-refractivity contribution in [3.63, 3.8) is 0 Å². The van der Waals surface area contributed by atoms with Crippen molar-refractivity contribution in [1.82, 2.24) is 0 Å². The molecule has 0 saturated heterocycles. The molecule has 0 radical (unpaired) electrons. The number of hydrogen-bond acceptors (Lipinski definition) is 5. The maximum Gasteiger partial charge on any atom is 0.0414 e. The Bertz CT molecular complexity index is 228. The van der Waals surface area contributed by atoms with Crippen LogP contribution in [0.1, 0.15) is 96.8 Å². The summed E-state index contributed by atoms with van der Waals surface area (Å²) >= 11 is 0. The molecule has 0 atom stereocenters. The summed E-state index contributed by atoms with van der Waals surface area (Å²) in [6, 6.07) is 0. The Hall–Kier alpha value is -0.507. The number of carbonyl (C=O) groups is 1. The van der Waals surface area contributed by atoms with Crippen LogP contribution in [-0.2, 0) is 24.3 Å². The summed E-state index contributed by atoms with van der Waals surface area (Å²) in [5.74, 6) is -0.905. The fraction of sp³-hybridized carbons (Fsp3) is 0.938. The van der Waals surface area contributed by atoms with Crippen LogP contribution >= 0.6 is 0 Å². The van der Waals surface area contributed by atoms with E-state index >= 15 is 0 Å². The predicted octanol–water partition coefficient (Wildman–Crippen LogP) is 4.47. The minimum Gasteiger partial charge on any atom is -0.550 e. The fourth-order valence-corrected chi connectivity index (χ4v) is 2.29. The maximum absolute atomic E-state index is 10.2. The molecule has 128 valence electrons. The molecule has 0 unspecified atom stereocenters. The van der Waals surface area contributed by atoms with Gasteiger partial charge in [0.1, 0.15) is 0 Å². The van der Waals surface area contributed by atoms with Crippen molar-refractivity contribution in [3.8, 4) is 0 Å². The summed E-state index contributed by atoms with van der Waals surface area (Å²) < 4.78 is 0. The summed E-state index contributed by atoms with van der Waals surface area (Å²) in [4.78, 5) is 18.2. The fourth-order valence-electron chi connectivity index (χ4n) is 2.29. The van der Waals surface area contributed by atoms with E-state index in [2.05, 4.69) is 6.92 Å². The van der Waals surface area contributed by atoms with Gasteiger partial charge in [-0.15, -0.1) is 5.34 Å². The first-order chi connectivity index (χ1) is 10.2. The minimum atomic E-state index is -0.905. The van der Waals surface area contributed by atoms with E-state index in [-0.39, 0.29) is 25.9 Å². The normalized spacial score (nSPS) is 9.32. The Kier molecular flexibility index (Phi) is 30.5.